The van der Waals surface area contributed by atoms with Crippen molar-refractivity contribution in [3.05, 3.63) is 29.5 Å². The molecule has 3 N–H and O–H groups in total. The van der Waals surface area contributed by atoms with Crippen molar-refractivity contribution in [3.8, 4) is 6.07 Å². The van der Waals surface area contributed by atoms with Crippen molar-refractivity contribution in [2.45, 2.75) is 19.4 Å². The first kappa shape index (κ1) is 20.9. The Bertz CT molecular complexity index is 1410. The number of rotatable bonds is 3. The van der Waals surface area contributed by atoms with Gasteiger partial charge >= 0.3 is 11.8 Å². The summed E-state index contributed by atoms with van der Waals surface area (Å²) in [7, 11) is 1.41. The lowest BCUT2D eigenvalue weighted by atomic mass is 9.93. The Morgan fingerprint density at radius 2 is 2.09 bits per heavy atom. The summed E-state index contributed by atoms with van der Waals surface area (Å²) >= 11 is 1.38. The fourth-order valence-electron chi connectivity index (χ4n) is 4.27. The van der Waals surface area contributed by atoms with Crippen LogP contribution in [0.25, 0.3) is 21.9 Å². The molecule has 5 heterocycles. The van der Waals surface area contributed by atoms with E-state index in [2.05, 4.69) is 48.6 Å². The molecule has 12 heteroatoms. The fraction of sp³-hybridized carbons (Fsp3) is 0.333. The van der Waals surface area contributed by atoms with Crippen molar-refractivity contribution < 1.29 is 9.59 Å². The number of likely N-dealkylation sites (N-methyl/N-ethyl adjacent to an activating group) is 1. The zero-order valence-corrected chi connectivity index (χ0v) is 18.8. The lowest BCUT2D eigenvalue weighted by Crippen LogP contribution is -2.41. The number of H-pyrrole nitrogens is 1. The van der Waals surface area contributed by atoms with Crippen molar-refractivity contribution in [1.82, 2.24) is 30.0 Å². The molecular formula is C21H21N9O2S. The second-order valence-corrected chi connectivity index (χ2v) is 9.00. The number of amides is 2. The van der Waals surface area contributed by atoms with Gasteiger partial charge < -0.3 is 15.5 Å². The molecule has 1 aliphatic rings. The molecule has 1 saturated heterocycles. The number of hydrogen-bond acceptors (Lipinski definition) is 8. The van der Waals surface area contributed by atoms with Crippen LogP contribution in [0.1, 0.15) is 24.3 Å². The molecule has 4 aromatic rings. The number of aromatic nitrogens is 5. The summed E-state index contributed by atoms with van der Waals surface area (Å²) in [5.41, 5.74) is 1.47. The van der Waals surface area contributed by atoms with Crippen molar-refractivity contribution in [2.75, 3.05) is 30.4 Å². The van der Waals surface area contributed by atoms with Gasteiger partial charge in [-0.15, -0.1) is 0 Å². The van der Waals surface area contributed by atoms with Crippen molar-refractivity contribution in [1.29, 1.82) is 5.26 Å². The van der Waals surface area contributed by atoms with E-state index in [4.69, 9.17) is 5.26 Å². The van der Waals surface area contributed by atoms with E-state index in [0.717, 1.165) is 29.0 Å². The number of aromatic amines is 1. The van der Waals surface area contributed by atoms with Gasteiger partial charge in [-0.3, -0.25) is 19.4 Å². The maximum Gasteiger partial charge on any atom is 0.314 e. The van der Waals surface area contributed by atoms with Crippen LogP contribution in [0, 0.1) is 17.2 Å². The van der Waals surface area contributed by atoms with Gasteiger partial charge in [-0.2, -0.15) is 5.26 Å². The maximum absolute atomic E-state index is 12.3. The monoisotopic (exact) mass is 463 g/mol. The minimum atomic E-state index is -0.765. The number of nitriles is 1. The molecule has 2 amide bonds. The van der Waals surface area contributed by atoms with Crippen LogP contribution >= 0.6 is 11.3 Å². The van der Waals surface area contributed by atoms with Crippen molar-refractivity contribution in [3.63, 3.8) is 0 Å². The van der Waals surface area contributed by atoms with Crippen LogP contribution in [0.3, 0.4) is 0 Å². The summed E-state index contributed by atoms with van der Waals surface area (Å²) in [6.45, 7) is 3.69. The van der Waals surface area contributed by atoms with E-state index in [1.165, 1.54) is 18.4 Å². The molecule has 5 rings (SSSR count). The molecule has 4 aromatic heterocycles. The SMILES string of the molecule is CNC(=O)C(=O)Nc1[nH]n([C@H]2CN(c3ncc(C#N)s3)CC[C@H]2C)c2c1cnc1nccc12. The third-order valence-corrected chi connectivity index (χ3v) is 7.01. The number of fused-ring (bicyclic) bond motifs is 3. The molecular weight excluding hydrogens is 442 g/mol. The van der Waals surface area contributed by atoms with Gasteiger partial charge in [0.1, 0.15) is 16.8 Å². The van der Waals surface area contributed by atoms with E-state index >= 15 is 0 Å². The number of thiazole rings is 1. The Labute approximate surface area is 192 Å². The first-order valence-electron chi connectivity index (χ1n) is 10.5. The topological polar surface area (TPSA) is 145 Å². The highest BCUT2D eigenvalue weighted by molar-refractivity contribution is 7.16. The predicted octanol–water partition coefficient (Wildman–Crippen LogP) is 2.01. The van der Waals surface area contributed by atoms with Gasteiger partial charge in [0.05, 0.1) is 23.1 Å². The lowest BCUT2D eigenvalue weighted by Gasteiger charge is -2.37. The van der Waals surface area contributed by atoms with Crippen LogP contribution in [0.4, 0.5) is 10.9 Å². The molecule has 0 aliphatic carbocycles. The summed E-state index contributed by atoms with van der Waals surface area (Å²) in [5.74, 6) is -0.780. The van der Waals surface area contributed by atoms with E-state index in [1.54, 1.807) is 18.6 Å². The fourth-order valence-corrected chi connectivity index (χ4v) is 5.02. The number of carbonyl (C=O) groups is 2. The van der Waals surface area contributed by atoms with Crippen LogP contribution in [0.15, 0.2) is 24.7 Å². The highest BCUT2D eigenvalue weighted by Gasteiger charge is 2.32. The highest BCUT2D eigenvalue weighted by Crippen LogP contribution is 2.37. The Balaban J connectivity index is 1.59. The van der Waals surface area contributed by atoms with E-state index in [1.807, 2.05) is 10.7 Å². The minimum Gasteiger partial charge on any atom is -0.351 e. The average Bonchev–Trinajstić information content (AvgIpc) is 3.57. The predicted molar refractivity (Wildman–Crippen MR) is 124 cm³/mol. The van der Waals surface area contributed by atoms with Gasteiger partial charge in [0, 0.05) is 37.9 Å². The van der Waals surface area contributed by atoms with Gasteiger partial charge in [0.2, 0.25) is 0 Å². The van der Waals surface area contributed by atoms with Gasteiger partial charge in [0.15, 0.2) is 10.8 Å². The third-order valence-electron chi connectivity index (χ3n) is 6.04. The quantitative estimate of drug-likeness (QED) is 0.394. The summed E-state index contributed by atoms with van der Waals surface area (Å²) < 4.78 is 2.04. The average molecular weight is 464 g/mol. The molecule has 11 nitrogen and oxygen atoms in total. The first-order valence-corrected chi connectivity index (χ1v) is 11.3. The van der Waals surface area contributed by atoms with Gasteiger partial charge in [-0.25, -0.2) is 15.0 Å². The molecule has 1 aliphatic heterocycles. The summed E-state index contributed by atoms with van der Waals surface area (Å²) in [6.07, 6.45) is 5.88. The second kappa shape index (κ2) is 8.18. The highest BCUT2D eigenvalue weighted by atomic mass is 32.1. The van der Waals surface area contributed by atoms with Crippen LogP contribution < -0.4 is 15.5 Å². The van der Waals surface area contributed by atoms with E-state index < -0.39 is 11.8 Å². The van der Waals surface area contributed by atoms with Crippen LogP contribution in [0.5, 0.6) is 0 Å². The zero-order valence-electron chi connectivity index (χ0n) is 18.0. The minimum absolute atomic E-state index is 0.0156. The molecule has 2 atom stereocenters. The van der Waals surface area contributed by atoms with E-state index in [0.29, 0.717) is 34.2 Å². The Kier molecular flexibility index (Phi) is 5.18. The number of nitrogens with one attached hydrogen (secondary N) is 3. The molecule has 0 saturated carbocycles. The van der Waals surface area contributed by atoms with Gasteiger partial charge in [0.25, 0.3) is 0 Å². The Morgan fingerprint density at radius 3 is 2.85 bits per heavy atom. The van der Waals surface area contributed by atoms with Gasteiger partial charge in [-0.1, -0.05) is 18.3 Å². The zero-order chi connectivity index (χ0) is 23.1. The summed E-state index contributed by atoms with van der Waals surface area (Å²) in [6, 6.07) is 4.06. The molecule has 0 aromatic carbocycles. The number of nitrogens with zero attached hydrogens (tertiary/aromatic N) is 6. The third kappa shape index (κ3) is 3.56. The molecule has 168 valence electrons. The van der Waals surface area contributed by atoms with Crippen molar-refractivity contribution >= 4 is 56.0 Å². The standard InChI is InChI=1S/C21H21N9O2S/c1-11-4-6-29(21-26-8-12(7-22)33-21)10-15(11)30-16-13-3-5-24-17(13)25-9-14(16)18(28-30)27-20(32)19(31)23-2/h3,5,8-9,11,15,28H,4,6,10H2,1-2H3,(H,23,31)(H,27,32)/t11-,15+/m1/s1. The largest absolute Gasteiger partial charge is 0.351 e. The maximum atomic E-state index is 12.3. The van der Waals surface area contributed by atoms with Crippen LogP contribution in [-0.4, -0.2) is 56.7 Å². The smallest absolute Gasteiger partial charge is 0.314 e. The lowest BCUT2D eigenvalue weighted by molar-refractivity contribution is -0.135. The molecule has 0 bridgehead atoms. The van der Waals surface area contributed by atoms with Crippen LogP contribution in [-0.2, 0) is 9.59 Å². The van der Waals surface area contributed by atoms with E-state index in [-0.39, 0.29) is 6.04 Å². The number of piperidine rings is 1. The molecule has 0 unspecified atom stereocenters. The van der Waals surface area contributed by atoms with Crippen LogP contribution in [0.2, 0.25) is 0 Å². The van der Waals surface area contributed by atoms with Crippen molar-refractivity contribution in [2.24, 2.45) is 5.92 Å². The first-order chi connectivity index (χ1) is 16.0. The van der Waals surface area contributed by atoms with Gasteiger partial charge in [-0.05, 0) is 18.4 Å². The number of pyridine rings is 1. The molecule has 33 heavy (non-hydrogen) atoms. The molecule has 1 fully saturated rings. The Hall–Kier alpha value is -3.98. The number of carbonyl (C=O) groups excluding carboxylic acids is 2. The summed E-state index contributed by atoms with van der Waals surface area (Å²) in [4.78, 5) is 40.0. The number of anilines is 2. The molecule has 0 radical (unpaired) electrons. The van der Waals surface area contributed by atoms with E-state index in [9.17, 15) is 9.59 Å². The Morgan fingerprint density at radius 1 is 1.24 bits per heavy atom. The second-order valence-electron chi connectivity index (χ2n) is 7.99. The normalized spacial score (nSPS) is 18.4. The summed E-state index contributed by atoms with van der Waals surface area (Å²) in [5, 5.41) is 19.9. The number of hydrogen-bond donors (Lipinski definition) is 3. The molecule has 0 spiro atoms.